The number of hydrogen-bond acceptors (Lipinski definition) is 4. The maximum atomic E-state index is 4.86. The minimum atomic E-state index is 0.366. The summed E-state index contributed by atoms with van der Waals surface area (Å²) in [5.74, 6) is 1.07. The summed E-state index contributed by atoms with van der Waals surface area (Å²) < 4.78 is 2.34. The summed E-state index contributed by atoms with van der Waals surface area (Å²) in [5, 5.41) is 3.57. The summed E-state index contributed by atoms with van der Waals surface area (Å²) in [7, 11) is 2.16. The molecule has 1 N–H and O–H groups in total. The number of nitrogens with zero attached hydrogens (tertiary/aromatic N) is 4. The first kappa shape index (κ1) is 21.7. The molecule has 2 aromatic heterocycles. The number of hydrogen-bond donors (Lipinski definition) is 1. The van der Waals surface area contributed by atoms with Crippen molar-refractivity contribution in [2.24, 2.45) is 0 Å². The molecule has 1 aliphatic heterocycles. The summed E-state index contributed by atoms with van der Waals surface area (Å²) in [4.78, 5) is 12.0. The number of fused-ring (bicyclic) bond motifs is 2. The van der Waals surface area contributed by atoms with E-state index in [-0.39, 0.29) is 0 Å². The molecule has 170 valence electrons. The molecule has 0 spiro atoms. The number of nitrogens with one attached hydrogen (secondary N) is 1. The van der Waals surface area contributed by atoms with E-state index in [0.29, 0.717) is 6.04 Å². The predicted molar refractivity (Wildman–Crippen MR) is 137 cm³/mol. The third-order valence-electron chi connectivity index (χ3n) is 6.85. The second kappa shape index (κ2) is 8.31. The highest BCUT2D eigenvalue weighted by Crippen LogP contribution is 2.36. The Morgan fingerprint density at radius 2 is 2.03 bits per heavy atom. The average Bonchev–Trinajstić information content (AvgIpc) is 3.35. The Balaban J connectivity index is 1.61. The van der Waals surface area contributed by atoms with E-state index < -0.39 is 0 Å². The zero-order valence-electron chi connectivity index (χ0n) is 20.4. The highest BCUT2D eigenvalue weighted by atomic mass is 15.2. The van der Waals surface area contributed by atoms with Crippen molar-refractivity contribution in [3.8, 4) is 0 Å². The van der Waals surface area contributed by atoms with Gasteiger partial charge in [0.15, 0.2) is 0 Å². The average molecular weight is 440 g/mol. The van der Waals surface area contributed by atoms with Gasteiger partial charge in [-0.1, -0.05) is 18.7 Å². The molecular weight excluding hydrogens is 406 g/mol. The molecule has 0 unspecified atom stereocenters. The van der Waals surface area contributed by atoms with E-state index in [1.54, 1.807) is 0 Å². The van der Waals surface area contributed by atoms with Gasteiger partial charge in [0.2, 0.25) is 0 Å². The number of piperazine rings is 1. The number of pyridine rings is 1. The van der Waals surface area contributed by atoms with E-state index in [9.17, 15) is 0 Å². The number of likely N-dealkylation sites (N-methyl/N-ethyl adjacent to an activating group) is 1. The van der Waals surface area contributed by atoms with Crippen molar-refractivity contribution in [2.75, 3.05) is 26.7 Å². The maximum Gasteiger partial charge on any atom is 0.106 e. The van der Waals surface area contributed by atoms with Crippen molar-refractivity contribution < 1.29 is 0 Å². The van der Waals surface area contributed by atoms with Crippen LogP contribution in [0.2, 0.25) is 0 Å². The molecule has 3 heterocycles. The quantitative estimate of drug-likeness (QED) is 0.618. The van der Waals surface area contributed by atoms with Crippen LogP contribution in [-0.4, -0.2) is 46.1 Å². The number of benzene rings is 1. The van der Waals surface area contributed by atoms with Crippen molar-refractivity contribution in [1.29, 1.82) is 0 Å². The fourth-order valence-corrected chi connectivity index (χ4v) is 5.30. The van der Waals surface area contributed by atoms with Crippen molar-refractivity contribution in [3.05, 3.63) is 82.6 Å². The normalized spacial score (nSPS) is 17.8. The third-order valence-corrected chi connectivity index (χ3v) is 6.85. The maximum absolute atomic E-state index is 4.86. The molecule has 0 atom stereocenters. The van der Waals surface area contributed by atoms with E-state index in [1.165, 1.54) is 33.5 Å². The third kappa shape index (κ3) is 3.70. The van der Waals surface area contributed by atoms with Gasteiger partial charge >= 0.3 is 0 Å². The molecule has 5 rings (SSSR count). The summed E-state index contributed by atoms with van der Waals surface area (Å²) >= 11 is 0. The van der Waals surface area contributed by atoms with Crippen molar-refractivity contribution in [3.63, 3.8) is 0 Å². The number of aryl methyl sites for hydroxylation is 2. The minimum absolute atomic E-state index is 0.366. The molecule has 5 nitrogen and oxygen atoms in total. The Morgan fingerprint density at radius 1 is 1.21 bits per heavy atom. The SMILES string of the molecule is C=C/C(=C1/CN(C)CCN1)c1cnc2c(c1)C(c1cc(C)c3nc(C)n(C(C)C)c3c1)=CC2. The fourth-order valence-electron chi connectivity index (χ4n) is 5.30. The smallest absolute Gasteiger partial charge is 0.106 e. The van der Waals surface area contributed by atoms with E-state index in [1.807, 2.05) is 12.3 Å². The van der Waals surface area contributed by atoms with Gasteiger partial charge in [-0.2, -0.15) is 0 Å². The number of aromatic nitrogens is 3. The van der Waals surface area contributed by atoms with E-state index in [0.717, 1.165) is 54.2 Å². The Hall–Kier alpha value is -3.18. The molecule has 0 saturated carbocycles. The lowest BCUT2D eigenvalue weighted by atomic mass is 9.95. The monoisotopic (exact) mass is 439 g/mol. The molecule has 0 radical (unpaired) electrons. The van der Waals surface area contributed by atoms with Crippen LogP contribution in [-0.2, 0) is 6.42 Å². The molecule has 5 heteroatoms. The molecule has 1 saturated heterocycles. The number of imidazole rings is 1. The Kier molecular flexibility index (Phi) is 5.45. The van der Waals surface area contributed by atoms with Crippen LogP contribution in [0.3, 0.4) is 0 Å². The standard InChI is InChI=1S/C28H33N5/c1-7-22(26-16-32(6)11-10-29-26)21-13-24-23(8-9-25(24)30-15-21)20-12-18(4)28-27(14-20)33(17(2)3)19(5)31-28/h7-8,12-15,17,29H,1,9-11,16H2,2-6H3/b26-22+. The zero-order valence-corrected chi connectivity index (χ0v) is 20.4. The lowest BCUT2D eigenvalue weighted by Gasteiger charge is -2.28. The van der Waals surface area contributed by atoms with Crippen LogP contribution >= 0.6 is 0 Å². The first-order valence-corrected chi connectivity index (χ1v) is 11.8. The van der Waals surface area contributed by atoms with Crippen LogP contribution in [0.5, 0.6) is 0 Å². The number of rotatable bonds is 4. The molecule has 2 aliphatic rings. The van der Waals surface area contributed by atoms with Gasteiger partial charge in [-0.15, -0.1) is 0 Å². The Labute approximate surface area is 196 Å². The van der Waals surface area contributed by atoms with E-state index >= 15 is 0 Å². The molecule has 1 aromatic carbocycles. The topological polar surface area (TPSA) is 46.0 Å². The van der Waals surface area contributed by atoms with Gasteiger partial charge in [0.05, 0.1) is 16.7 Å². The summed E-state index contributed by atoms with van der Waals surface area (Å²) in [5.41, 5.74) is 11.9. The van der Waals surface area contributed by atoms with Gasteiger partial charge in [-0.3, -0.25) is 9.88 Å². The van der Waals surface area contributed by atoms with E-state index in [4.69, 9.17) is 9.97 Å². The fraction of sp³-hybridized carbons (Fsp3) is 0.357. The Bertz CT molecular complexity index is 1320. The molecule has 0 amide bonds. The molecule has 3 aromatic rings. The van der Waals surface area contributed by atoms with Gasteiger partial charge in [0.1, 0.15) is 5.82 Å². The van der Waals surface area contributed by atoms with Crippen LogP contribution in [0.25, 0.3) is 22.2 Å². The molecular formula is C28H33N5. The van der Waals surface area contributed by atoms with Gasteiger partial charge in [-0.05, 0) is 69.6 Å². The predicted octanol–water partition coefficient (Wildman–Crippen LogP) is 5.05. The van der Waals surface area contributed by atoms with Crippen molar-refractivity contribution >= 4 is 22.2 Å². The van der Waals surface area contributed by atoms with E-state index in [2.05, 4.69) is 80.4 Å². The Morgan fingerprint density at radius 3 is 2.76 bits per heavy atom. The molecule has 0 bridgehead atoms. The van der Waals surface area contributed by atoms with Gasteiger partial charge in [0, 0.05) is 60.7 Å². The van der Waals surface area contributed by atoms with Crippen LogP contribution in [0, 0.1) is 13.8 Å². The summed E-state index contributed by atoms with van der Waals surface area (Å²) in [6, 6.07) is 7.25. The molecule has 1 aliphatic carbocycles. The highest BCUT2D eigenvalue weighted by Gasteiger charge is 2.22. The highest BCUT2D eigenvalue weighted by molar-refractivity contribution is 5.91. The van der Waals surface area contributed by atoms with Crippen molar-refractivity contribution in [1.82, 2.24) is 24.8 Å². The summed E-state index contributed by atoms with van der Waals surface area (Å²) in [6.45, 7) is 15.7. The zero-order chi connectivity index (χ0) is 23.3. The van der Waals surface area contributed by atoms with Crippen LogP contribution in [0.4, 0.5) is 0 Å². The lowest BCUT2D eigenvalue weighted by Crippen LogP contribution is -2.40. The second-order valence-corrected chi connectivity index (χ2v) is 9.58. The second-order valence-electron chi connectivity index (χ2n) is 9.58. The van der Waals surface area contributed by atoms with Crippen LogP contribution in [0.15, 0.2) is 48.8 Å². The van der Waals surface area contributed by atoms with Crippen molar-refractivity contribution in [2.45, 2.75) is 40.2 Å². The molecule has 33 heavy (non-hydrogen) atoms. The van der Waals surface area contributed by atoms with Crippen LogP contribution in [0.1, 0.15) is 53.7 Å². The van der Waals surface area contributed by atoms with Gasteiger partial charge in [-0.25, -0.2) is 4.98 Å². The molecule has 1 fully saturated rings. The minimum Gasteiger partial charge on any atom is -0.386 e. The first-order valence-electron chi connectivity index (χ1n) is 11.8. The number of allylic oxidation sites excluding steroid dienone is 3. The first-order chi connectivity index (χ1) is 15.9. The summed E-state index contributed by atoms with van der Waals surface area (Å²) in [6.07, 6.45) is 7.15. The van der Waals surface area contributed by atoms with Crippen LogP contribution < -0.4 is 5.32 Å². The van der Waals surface area contributed by atoms with Gasteiger partial charge < -0.3 is 9.88 Å². The lowest BCUT2D eigenvalue weighted by molar-refractivity contribution is 0.324. The van der Waals surface area contributed by atoms with Gasteiger partial charge in [0.25, 0.3) is 0 Å². The largest absolute Gasteiger partial charge is 0.386 e.